The fourth-order valence-electron chi connectivity index (χ4n) is 3.95. The smallest absolute Gasteiger partial charge is 0.254 e. The number of anilines is 1. The minimum atomic E-state index is -0.461. The van der Waals surface area contributed by atoms with Gasteiger partial charge in [0.25, 0.3) is 5.91 Å². The molecular formula is C21H21FN6O2. The molecule has 1 saturated heterocycles. The third kappa shape index (κ3) is 2.98. The number of halogens is 1. The van der Waals surface area contributed by atoms with Crippen molar-refractivity contribution in [2.24, 2.45) is 7.05 Å². The highest BCUT2D eigenvalue weighted by molar-refractivity contribution is 6.07. The Morgan fingerprint density at radius 3 is 2.80 bits per heavy atom. The quantitative estimate of drug-likeness (QED) is 0.544. The normalized spacial score (nSPS) is 14.6. The fraction of sp³-hybridized carbons (Fsp3) is 0.286. The van der Waals surface area contributed by atoms with Crippen LogP contribution in [0.1, 0.15) is 10.4 Å². The van der Waals surface area contributed by atoms with Crippen molar-refractivity contribution in [1.82, 2.24) is 24.4 Å². The molecule has 4 aromatic rings. The zero-order valence-corrected chi connectivity index (χ0v) is 16.7. The molecule has 0 saturated carbocycles. The predicted molar refractivity (Wildman–Crippen MR) is 112 cm³/mol. The fourth-order valence-corrected chi connectivity index (χ4v) is 3.95. The number of amides is 1. The highest BCUT2D eigenvalue weighted by Gasteiger charge is 2.21. The van der Waals surface area contributed by atoms with E-state index in [4.69, 9.17) is 4.74 Å². The van der Waals surface area contributed by atoms with E-state index in [1.165, 1.54) is 12.1 Å². The van der Waals surface area contributed by atoms with Gasteiger partial charge in [-0.25, -0.2) is 14.4 Å². The maximum absolute atomic E-state index is 14.4. The maximum Gasteiger partial charge on any atom is 0.254 e. The molecule has 1 aliphatic heterocycles. The summed E-state index contributed by atoms with van der Waals surface area (Å²) >= 11 is 0. The largest absolute Gasteiger partial charge is 0.378 e. The Morgan fingerprint density at radius 2 is 2.03 bits per heavy atom. The van der Waals surface area contributed by atoms with Gasteiger partial charge in [0.05, 0.1) is 25.1 Å². The van der Waals surface area contributed by atoms with Gasteiger partial charge in [-0.2, -0.15) is 0 Å². The number of fused-ring (bicyclic) bond motifs is 3. The van der Waals surface area contributed by atoms with Crippen molar-refractivity contribution < 1.29 is 13.9 Å². The van der Waals surface area contributed by atoms with Crippen LogP contribution in [0.15, 0.2) is 30.6 Å². The number of hydrogen-bond donors (Lipinski definition) is 2. The Hall–Kier alpha value is -3.46. The topological polar surface area (TPSA) is 88.1 Å². The molecule has 8 nitrogen and oxygen atoms in total. The first-order valence-electron chi connectivity index (χ1n) is 9.74. The molecule has 1 aliphatic rings. The van der Waals surface area contributed by atoms with E-state index in [2.05, 4.69) is 20.3 Å². The van der Waals surface area contributed by atoms with Crippen LogP contribution in [-0.2, 0) is 11.8 Å². The van der Waals surface area contributed by atoms with Gasteiger partial charge in [0.2, 0.25) is 0 Å². The number of nitrogens with zero attached hydrogens (tertiary/aromatic N) is 4. The van der Waals surface area contributed by atoms with Crippen molar-refractivity contribution in [3.05, 3.63) is 42.0 Å². The molecule has 2 N–H and O–H groups in total. The number of hydrogen-bond acceptors (Lipinski definition) is 5. The number of aromatic amines is 1. The number of pyridine rings is 1. The lowest BCUT2D eigenvalue weighted by molar-refractivity contribution is 0.0302. The Kier molecular flexibility index (Phi) is 4.39. The van der Waals surface area contributed by atoms with E-state index in [1.807, 2.05) is 17.7 Å². The summed E-state index contributed by atoms with van der Waals surface area (Å²) in [5.74, 6) is 0.00558. The molecule has 1 aromatic carbocycles. The maximum atomic E-state index is 14.4. The zero-order valence-electron chi connectivity index (χ0n) is 16.7. The summed E-state index contributed by atoms with van der Waals surface area (Å²) in [4.78, 5) is 26.8. The van der Waals surface area contributed by atoms with E-state index in [0.717, 1.165) is 16.4 Å². The van der Waals surface area contributed by atoms with Gasteiger partial charge < -0.3 is 24.5 Å². The summed E-state index contributed by atoms with van der Waals surface area (Å²) in [5.41, 5.74) is 3.94. The molecule has 0 bridgehead atoms. The lowest BCUT2D eigenvalue weighted by atomic mass is 10.1. The molecule has 0 unspecified atom stereocenters. The standard InChI is InChI=1S/C21H21FN6O2/c1-23-20-17-18(27(2)11-24-17)15-10-16(25-19(15)26-20)12-7-13(9-14(22)8-12)21(29)28-3-5-30-6-4-28/h7-11H,3-6H2,1-2H3,(H2,23,25,26). The predicted octanol–water partition coefficient (Wildman–Crippen LogP) is 2.77. The second-order valence-corrected chi connectivity index (χ2v) is 7.34. The third-order valence-electron chi connectivity index (χ3n) is 5.43. The molecule has 5 rings (SSSR count). The number of H-pyrrole nitrogens is 1. The lowest BCUT2D eigenvalue weighted by Gasteiger charge is -2.27. The van der Waals surface area contributed by atoms with Crippen LogP contribution in [0.5, 0.6) is 0 Å². The Morgan fingerprint density at radius 1 is 1.23 bits per heavy atom. The van der Waals surface area contributed by atoms with Crippen LogP contribution in [0.4, 0.5) is 10.2 Å². The summed E-state index contributed by atoms with van der Waals surface area (Å²) < 4.78 is 21.7. The second kappa shape index (κ2) is 7.10. The monoisotopic (exact) mass is 408 g/mol. The van der Waals surface area contributed by atoms with Crippen molar-refractivity contribution in [2.75, 3.05) is 38.7 Å². The minimum absolute atomic E-state index is 0.195. The number of rotatable bonds is 3. The molecular weight excluding hydrogens is 387 g/mol. The van der Waals surface area contributed by atoms with E-state index in [1.54, 1.807) is 24.3 Å². The van der Waals surface area contributed by atoms with Gasteiger partial charge in [-0.1, -0.05) is 0 Å². The van der Waals surface area contributed by atoms with Gasteiger partial charge >= 0.3 is 0 Å². The second-order valence-electron chi connectivity index (χ2n) is 7.34. The molecule has 0 aliphatic carbocycles. The van der Waals surface area contributed by atoms with Gasteiger partial charge in [-0.05, 0) is 24.3 Å². The average Bonchev–Trinajstić information content (AvgIpc) is 3.36. The summed E-state index contributed by atoms with van der Waals surface area (Å²) in [6, 6.07) is 6.33. The van der Waals surface area contributed by atoms with Gasteiger partial charge in [-0.15, -0.1) is 0 Å². The van der Waals surface area contributed by atoms with Crippen molar-refractivity contribution in [2.45, 2.75) is 0 Å². The molecule has 0 radical (unpaired) electrons. The van der Waals surface area contributed by atoms with Crippen molar-refractivity contribution in [3.63, 3.8) is 0 Å². The number of aryl methyl sites for hydroxylation is 1. The van der Waals surface area contributed by atoms with Crippen LogP contribution in [-0.4, -0.2) is 63.7 Å². The molecule has 0 atom stereocenters. The number of ether oxygens (including phenoxy) is 1. The van der Waals surface area contributed by atoms with Crippen LogP contribution in [0.3, 0.4) is 0 Å². The molecule has 1 amide bonds. The Balaban J connectivity index is 1.62. The Labute approximate surface area is 171 Å². The molecule has 154 valence electrons. The zero-order chi connectivity index (χ0) is 20.8. The highest BCUT2D eigenvalue weighted by Crippen LogP contribution is 2.32. The van der Waals surface area contributed by atoms with Crippen LogP contribution in [0, 0.1) is 5.82 Å². The first-order valence-corrected chi connectivity index (χ1v) is 9.74. The molecule has 3 aromatic heterocycles. The molecule has 9 heteroatoms. The van der Waals surface area contributed by atoms with Gasteiger partial charge in [0, 0.05) is 49.4 Å². The summed E-state index contributed by atoms with van der Waals surface area (Å²) in [6.07, 6.45) is 1.74. The number of morpholine rings is 1. The van der Waals surface area contributed by atoms with Gasteiger partial charge in [-0.3, -0.25) is 4.79 Å². The van der Waals surface area contributed by atoms with Gasteiger partial charge in [0.15, 0.2) is 5.82 Å². The number of benzene rings is 1. The van der Waals surface area contributed by atoms with Crippen LogP contribution in [0.25, 0.3) is 33.3 Å². The highest BCUT2D eigenvalue weighted by atomic mass is 19.1. The van der Waals surface area contributed by atoms with E-state index < -0.39 is 5.82 Å². The lowest BCUT2D eigenvalue weighted by Crippen LogP contribution is -2.40. The van der Waals surface area contributed by atoms with Gasteiger partial charge in [0.1, 0.15) is 17.0 Å². The van der Waals surface area contributed by atoms with Crippen molar-refractivity contribution in [1.29, 1.82) is 0 Å². The molecule has 30 heavy (non-hydrogen) atoms. The number of imidazole rings is 1. The number of aromatic nitrogens is 4. The Bertz CT molecular complexity index is 1270. The van der Waals surface area contributed by atoms with E-state index in [-0.39, 0.29) is 5.91 Å². The third-order valence-corrected chi connectivity index (χ3v) is 5.43. The van der Waals surface area contributed by atoms with Crippen LogP contribution >= 0.6 is 0 Å². The minimum Gasteiger partial charge on any atom is -0.378 e. The number of carbonyl (C=O) groups is 1. The summed E-state index contributed by atoms with van der Waals surface area (Å²) in [7, 11) is 3.71. The van der Waals surface area contributed by atoms with E-state index in [0.29, 0.717) is 54.6 Å². The van der Waals surface area contributed by atoms with Crippen LogP contribution in [0.2, 0.25) is 0 Å². The van der Waals surface area contributed by atoms with Crippen LogP contribution < -0.4 is 5.32 Å². The van der Waals surface area contributed by atoms with Crippen molar-refractivity contribution >= 4 is 33.8 Å². The SMILES string of the molecule is CNc1nc2[nH]c(-c3cc(F)cc(C(=O)N4CCOCC4)c3)cc2c2c1ncn2C. The summed E-state index contributed by atoms with van der Waals surface area (Å²) in [5, 5.41) is 3.95. The molecule has 1 fully saturated rings. The van der Waals surface area contributed by atoms with E-state index >= 15 is 0 Å². The first-order chi connectivity index (χ1) is 14.5. The van der Waals surface area contributed by atoms with Crippen molar-refractivity contribution in [3.8, 4) is 11.3 Å². The first kappa shape index (κ1) is 18.6. The number of carbonyl (C=O) groups excluding carboxylic acids is 1. The van der Waals surface area contributed by atoms with E-state index in [9.17, 15) is 9.18 Å². The molecule has 4 heterocycles. The summed E-state index contributed by atoms with van der Waals surface area (Å²) in [6.45, 7) is 2.00. The average molecular weight is 408 g/mol. The number of nitrogens with one attached hydrogen (secondary N) is 2. The molecule has 0 spiro atoms.